The van der Waals surface area contributed by atoms with Crippen molar-refractivity contribution in [2.45, 2.75) is 6.92 Å². The Hall–Kier alpha value is -0.560. The number of nitrogens with zero attached hydrogens (tertiary/aromatic N) is 1. The van der Waals surface area contributed by atoms with E-state index in [0.29, 0.717) is 12.6 Å². The first kappa shape index (κ1) is 8.44. The third-order valence-corrected chi connectivity index (χ3v) is 0.696. The first-order valence-electron chi connectivity index (χ1n) is 2.44. The molecule has 0 aliphatic rings. The average Bonchev–Trinajstić information content (AvgIpc) is 2.19. The molecule has 1 aromatic heterocycles. The standard InChI is InChI=1S/C5H7NO2.H3P/c1-2-7-5-3-6-4-8-5;/h3-4H,2H2,1H3;1H3. The minimum Gasteiger partial charge on any atom is -0.464 e. The van der Waals surface area contributed by atoms with Gasteiger partial charge in [0.05, 0.1) is 6.61 Å². The van der Waals surface area contributed by atoms with E-state index >= 15 is 0 Å². The van der Waals surface area contributed by atoms with Gasteiger partial charge in [0.2, 0.25) is 0 Å². The van der Waals surface area contributed by atoms with Crippen molar-refractivity contribution >= 4 is 9.90 Å². The molecule has 0 N–H and O–H groups in total. The van der Waals surface area contributed by atoms with Crippen LogP contribution in [0.5, 0.6) is 5.95 Å². The molecule has 0 aromatic carbocycles. The third kappa shape index (κ3) is 2.47. The molecule has 0 aliphatic heterocycles. The van der Waals surface area contributed by atoms with E-state index in [9.17, 15) is 0 Å². The Morgan fingerprint density at radius 3 is 3.00 bits per heavy atom. The summed E-state index contributed by atoms with van der Waals surface area (Å²) in [5.41, 5.74) is 0. The highest BCUT2D eigenvalue weighted by molar-refractivity contribution is 6.92. The number of rotatable bonds is 2. The topological polar surface area (TPSA) is 35.3 Å². The molecule has 1 unspecified atom stereocenters. The van der Waals surface area contributed by atoms with Crippen LogP contribution in [0.1, 0.15) is 6.92 Å². The SMILES string of the molecule is CCOc1cnco1.P. The van der Waals surface area contributed by atoms with Crippen LogP contribution in [-0.2, 0) is 0 Å². The summed E-state index contributed by atoms with van der Waals surface area (Å²) in [6.07, 6.45) is 2.87. The van der Waals surface area contributed by atoms with Crippen molar-refractivity contribution in [2.24, 2.45) is 0 Å². The van der Waals surface area contributed by atoms with Crippen LogP contribution in [0.4, 0.5) is 0 Å². The second-order valence-electron chi connectivity index (χ2n) is 1.25. The van der Waals surface area contributed by atoms with E-state index in [1.165, 1.54) is 12.6 Å². The summed E-state index contributed by atoms with van der Waals surface area (Å²) in [6.45, 7) is 2.51. The van der Waals surface area contributed by atoms with Gasteiger partial charge in [0.15, 0.2) is 6.39 Å². The van der Waals surface area contributed by atoms with Crippen molar-refractivity contribution in [1.82, 2.24) is 4.98 Å². The number of hydrogen-bond acceptors (Lipinski definition) is 3. The van der Waals surface area contributed by atoms with Gasteiger partial charge in [0, 0.05) is 0 Å². The summed E-state index contributed by atoms with van der Waals surface area (Å²) in [5, 5.41) is 0. The summed E-state index contributed by atoms with van der Waals surface area (Å²) in [4.78, 5) is 3.65. The molecule has 0 aliphatic carbocycles. The Labute approximate surface area is 57.0 Å². The summed E-state index contributed by atoms with van der Waals surface area (Å²) < 4.78 is 9.66. The number of oxazole rings is 1. The smallest absolute Gasteiger partial charge is 0.304 e. The van der Waals surface area contributed by atoms with Gasteiger partial charge in [0.1, 0.15) is 6.20 Å². The highest BCUT2D eigenvalue weighted by atomic mass is 31.0. The quantitative estimate of drug-likeness (QED) is 0.588. The third-order valence-electron chi connectivity index (χ3n) is 0.696. The Kier molecular flexibility index (Phi) is 4.06. The second-order valence-corrected chi connectivity index (χ2v) is 1.25. The lowest BCUT2D eigenvalue weighted by atomic mass is 10.8. The molecular weight excluding hydrogens is 137 g/mol. The summed E-state index contributed by atoms with van der Waals surface area (Å²) in [7, 11) is 0. The number of hydrogen-bond donors (Lipinski definition) is 0. The van der Waals surface area contributed by atoms with Gasteiger partial charge in [-0.15, -0.1) is 0 Å². The molecule has 9 heavy (non-hydrogen) atoms. The van der Waals surface area contributed by atoms with Gasteiger partial charge in [-0.25, -0.2) is 4.98 Å². The van der Waals surface area contributed by atoms with E-state index in [1.54, 1.807) is 0 Å². The van der Waals surface area contributed by atoms with Crippen molar-refractivity contribution < 1.29 is 9.15 Å². The maximum absolute atomic E-state index is 4.92. The van der Waals surface area contributed by atoms with Crippen molar-refractivity contribution in [3.8, 4) is 5.95 Å². The summed E-state index contributed by atoms with van der Waals surface area (Å²) in [5.74, 6) is 0.479. The minimum atomic E-state index is 0. The van der Waals surface area contributed by atoms with E-state index in [-0.39, 0.29) is 9.90 Å². The predicted molar refractivity (Wildman–Crippen MR) is 38.8 cm³/mol. The molecule has 52 valence electrons. The van der Waals surface area contributed by atoms with E-state index in [2.05, 4.69) is 4.98 Å². The maximum Gasteiger partial charge on any atom is 0.304 e. The molecule has 3 nitrogen and oxygen atoms in total. The molecule has 0 saturated carbocycles. The molecule has 1 heterocycles. The highest BCUT2D eigenvalue weighted by Crippen LogP contribution is 2.05. The number of aromatic nitrogens is 1. The molecule has 4 heteroatoms. The molecule has 0 saturated heterocycles. The largest absolute Gasteiger partial charge is 0.464 e. The van der Waals surface area contributed by atoms with Crippen LogP contribution < -0.4 is 4.74 Å². The van der Waals surface area contributed by atoms with Crippen LogP contribution in [0, 0.1) is 0 Å². The van der Waals surface area contributed by atoms with Crippen molar-refractivity contribution in [1.29, 1.82) is 0 Å². The maximum atomic E-state index is 4.92. The zero-order valence-electron chi connectivity index (χ0n) is 5.33. The van der Waals surface area contributed by atoms with Crippen molar-refractivity contribution in [3.63, 3.8) is 0 Å². The molecule has 0 spiro atoms. The van der Waals surface area contributed by atoms with Gasteiger partial charge in [0.25, 0.3) is 0 Å². The Balaban J connectivity index is 0.000000640. The Morgan fingerprint density at radius 1 is 1.78 bits per heavy atom. The van der Waals surface area contributed by atoms with Crippen LogP contribution in [-0.4, -0.2) is 11.6 Å². The first-order valence-corrected chi connectivity index (χ1v) is 2.44. The summed E-state index contributed by atoms with van der Waals surface area (Å²) >= 11 is 0. The molecule has 0 fully saturated rings. The molecule has 1 aromatic rings. The lowest BCUT2D eigenvalue weighted by molar-refractivity contribution is 0.257. The Bertz CT molecular complexity index is 141. The van der Waals surface area contributed by atoms with Gasteiger partial charge in [-0.1, -0.05) is 0 Å². The van der Waals surface area contributed by atoms with Gasteiger partial charge in [-0.05, 0) is 6.92 Å². The van der Waals surface area contributed by atoms with Crippen LogP contribution in [0.2, 0.25) is 0 Å². The predicted octanol–water partition coefficient (Wildman–Crippen LogP) is 1.13. The van der Waals surface area contributed by atoms with Crippen LogP contribution in [0.3, 0.4) is 0 Å². The van der Waals surface area contributed by atoms with Crippen LogP contribution in [0.25, 0.3) is 0 Å². The Morgan fingerprint density at radius 2 is 2.56 bits per heavy atom. The van der Waals surface area contributed by atoms with Gasteiger partial charge < -0.3 is 9.15 Å². The normalized spacial score (nSPS) is 8.11. The zero-order valence-corrected chi connectivity index (χ0v) is 6.75. The van der Waals surface area contributed by atoms with Gasteiger partial charge >= 0.3 is 5.95 Å². The monoisotopic (exact) mass is 147 g/mol. The first-order chi connectivity index (χ1) is 3.93. The molecule has 1 atom stereocenters. The van der Waals surface area contributed by atoms with E-state index < -0.39 is 0 Å². The molecule has 0 amide bonds. The van der Waals surface area contributed by atoms with Gasteiger partial charge in [-0.2, -0.15) is 9.90 Å². The van der Waals surface area contributed by atoms with Crippen molar-refractivity contribution in [3.05, 3.63) is 12.6 Å². The number of ether oxygens (including phenoxy) is 1. The van der Waals surface area contributed by atoms with E-state index in [1.807, 2.05) is 6.92 Å². The molecule has 1 rings (SSSR count). The fraction of sp³-hybridized carbons (Fsp3) is 0.400. The average molecular weight is 147 g/mol. The van der Waals surface area contributed by atoms with E-state index in [0.717, 1.165) is 0 Å². The minimum absolute atomic E-state index is 0. The highest BCUT2D eigenvalue weighted by Gasteiger charge is 1.90. The van der Waals surface area contributed by atoms with Crippen LogP contribution in [0.15, 0.2) is 17.0 Å². The van der Waals surface area contributed by atoms with Gasteiger partial charge in [-0.3, -0.25) is 0 Å². The summed E-state index contributed by atoms with van der Waals surface area (Å²) in [6, 6.07) is 0. The fourth-order valence-corrected chi connectivity index (χ4v) is 0.418. The van der Waals surface area contributed by atoms with E-state index in [4.69, 9.17) is 9.15 Å². The molecular formula is C5H10NO2P. The molecule has 0 bridgehead atoms. The second kappa shape index (κ2) is 4.33. The van der Waals surface area contributed by atoms with Crippen LogP contribution >= 0.6 is 9.90 Å². The zero-order chi connectivity index (χ0) is 5.82. The lowest BCUT2D eigenvalue weighted by Gasteiger charge is -1.91. The lowest BCUT2D eigenvalue weighted by Crippen LogP contribution is -1.87. The molecule has 0 radical (unpaired) electrons. The van der Waals surface area contributed by atoms with Crippen molar-refractivity contribution in [2.75, 3.05) is 6.61 Å². The fourth-order valence-electron chi connectivity index (χ4n) is 0.418.